The smallest absolute Gasteiger partial charge is 0.323 e. The molecular weight excluding hydrogens is 425 g/mol. The summed E-state index contributed by atoms with van der Waals surface area (Å²) in [5.74, 6) is 0.800. The number of urea groups is 2. The van der Waals surface area contributed by atoms with Gasteiger partial charge in [0.15, 0.2) is 0 Å². The summed E-state index contributed by atoms with van der Waals surface area (Å²) >= 11 is 0. The highest BCUT2D eigenvalue weighted by Crippen LogP contribution is 2.18. The summed E-state index contributed by atoms with van der Waals surface area (Å²) in [6, 6.07) is 12.5. The predicted molar refractivity (Wildman–Crippen MR) is 125 cm³/mol. The van der Waals surface area contributed by atoms with Crippen molar-refractivity contribution in [3.63, 3.8) is 0 Å². The van der Waals surface area contributed by atoms with E-state index >= 15 is 0 Å². The summed E-state index contributed by atoms with van der Waals surface area (Å²) in [5, 5.41) is 7.95. The lowest BCUT2D eigenvalue weighted by atomic mass is 10.3. The zero-order chi connectivity index (χ0) is 23.2. The fraction of sp³-hybridized carbons (Fsp3) is 0.217. The highest BCUT2D eigenvalue weighted by molar-refractivity contribution is 5.99. The fourth-order valence-corrected chi connectivity index (χ4v) is 3.43. The number of pyridine rings is 2. The molecule has 3 heterocycles. The molecule has 1 saturated heterocycles. The molecule has 4 amide bonds. The van der Waals surface area contributed by atoms with Crippen molar-refractivity contribution in [2.24, 2.45) is 0 Å². The number of benzene rings is 1. The zero-order valence-electron chi connectivity index (χ0n) is 18.1. The van der Waals surface area contributed by atoms with Gasteiger partial charge in [0.25, 0.3) is 0 Å². The van der Waals surface area contributed by atoms with E-state index in [9.17, 15) is 14.0 Å². The molecule has 3 N–H and O–H groups in total. The third-order valence-corrected chi connectivity index (χ3v) is 5.25. The Labute approximate surface area is 190 Å². The number of hydrogen-bond acceptors (Lipinski definition) is 5. The van der Waals surface area contributed by atoms with E-state index < -0.39 is 11.8 Å². The van der Waals surface area contributed by atoms with Gasteiger partial charge in [-0.2, -0.15) is 0 Å². The molecule has 1 aromatic carbocycles. The maximum absolute atomic E-state index is 13.7. The lowest BCUT2D eigenvalue weighted by Gasteiger charge is -2.35. The van der Waals surface area contributed by atoms with Crippen molar-refractivity contribution >= 4 is 35.1 Å². The standard InChI is InChI=1S/C23H24FN7O2/c1-16-5-4-10-25-21(16)29-23(33)31-13-11-30(12-14-31)20-9-8-17(15-26-20)27-22(32)28-19-7-3-2-6-18(19)24/h2-10,15H,11-14H2,1H3,(H,25,29,33)(H2,27,28,32). The monoisotopic (exact) mass is 449 g/mol. The number of halogens is 1. The van der Waals surface area contributed by atoms with E-state index in [1.165, 1.54) is 12.1 Å². The quantitative estimate of drug-likeness (QED) is 0.560. The molecule has 33 heavy (non-hydrogen) atoms. The predicted octanol–water partition coefficient (Wildman–Crippen LogP) is 3.92. The number of carbonyl (C=O) groups is 2. The van der Waals surface area contributed by atoms with Crippen molar-refractivity contribution in [3.05, 3.63) is 72.3 Å². The van der Waals surface area contributed by atoms with Crippen LogP contribution in [0.2, 0.25) is 0 Å². The van der Waals surface area contributed by atoms with Crippen molar-refractivity contribution < 1.29 is 14.0 Å². The summed E-state index contributed by atoms with van der Waals surface area (Å²) in [4.78, 5) is 37.1. The van der Waals surface area contributed by atoms with E-state index in [4.69, 9.17) is 0 Å². The summed E-state index contributed by atoms with van der Waals surface area (Å²) in [6.07, 6.45) is 3.19. The SMILES string of the molecule is Cc1cccnc1NC(=O)N1CCN(c2ccc(NC(=O)Nc3ccccc3F)cn2)CC1. The van der Waals surface area contributed by atoms with Gasteiger partial charge in [0.05, 0.1) is 17.6 Å². The Morgan fingerprint density at radius 1 is 0.909 bits per heavy atom. The molecule has 0 unspecified atom stereocenters. The van der Waals surface area contributed by atoms with Gasteiger partial charge < -0.3 is 20.4 Å². The first-order valence-corrected chi connectivity index (χ1v) is 10.5. The van der Waals surface area contributed by atoms with E-state index in [2.05, 4.69) is 30.8 Å². The van der Waals surface area contributed by atoms with E-state index in [0.29, 0.717) is 37.7 Å². The average Bonchev–Trinajstić information content (AvgIpc) is 2.83. The second kappa shape index (κ2) is 9.94. The molecule has 3 aromatic rings. The number of amides is 4. The van der Waals surface area contributed by atoms with Crippen LogP contribution in [0.25, 0.3) is 0 Å². The maximum Gasteiger partial charge on any atom is 0.323 e. The van der Waals surface area contributed by atoms with Crippen LogP contribution in [0.15, 0.2) is 60.9 Å². The van der Waals surface area contributed by atoms with Crippen LogP contribution in [0, 0.1) is 12.7 Å². The van der Waals surface area contributed by atoms with Crippen molar-refractivity contribution in [1.29, 1.82) is 0 Å². The summed E-state index contributed by atoms with van der Waals surface area (Å²) in [6.45, 7) is 4.24. The van der Waals surface area contributed by atoms with Crippen LogP contribution in [0.1, 0.15) is 5.56 Å². The van der Waals surface area contributed by atoms with Crippen LogP contribution in [0.4, 0.5) is 37.0 Å². The summed E-state index contributed by atoms with van der Waals surface area (Å²) < 4.78 is 13.7. The number of nitrogens with zero attached hydrogens (tertiary/aromatic N) is 4. The minimum Gasteiger partial charge on any atom is -0.353 e. The number of aromatic nitrogens is 2. The number of piperazine rings is 1. The third kappa shape index (κ3) is 5.53. The van der Waals surface area contributed by atoms with Gasteiger partial charge in [-0.25, -0.2) is 23.9 Å². The van der Waals surface area contributed by atoms with E-state index in [1.54, 1.807) is 41.6 Å². The van der Waals surface area contributed by atoms with E-state index in [0.717, 1.165) is 11.4 Å². The topological polar surface area (TPSA) is 102 Å². The molecule has 0 atom stereocenters. The second-order valence-electron chi connectivity index (χ2n) is 7.54. The molecule has 0 radical (unpaired) electrons. The number of hydrogen-bond donors (Lipinski definition) is 3. The van der Waals surface area contributed by atoms with Crippen molar-refractivity contribution in [2.75, 3.05) is 47.0 Å². The van der Waals surface area contributed by atoms with Crippen LogP contribution < -0.4 is 20.9 Å². The van der Waals surface area contributed by atoms with Gasteiger partial charge in [0.2, 0.25) is 0 Å². The first-order chi connectivity index (χ1) is 16.0. The number of rotatable bonds is 4. The van der Waals surface area contributed by atoms with Crippen LogP contribution >= 0.6 is 0 Å². The lowest BCUT2D eigenvalue weighted by molar-refractivity contribution is 0.208. The van der Waals surface area contributed by atoms with E-state index in [-0.39, 0.29) is 11.7 Å². The fourth-order valence-electron chi connectivity index (χ4n) is 3.43. The van der Waals surface area contributed by atoms with Crippen molar-refractivity contribution in [1.82, 2.24) is 14.9 Å². The minimum absolute atomic E-state index is 0.0969. The van der Waals surface area contributed by atoms with Gasteiger partial charge in [-0.15, -0.1) is 0 Å². The number of para-hydroxylation sites is 1. The van der Waals surface area contributed by atoms with E-state index in [1.807, 2.05) is 19.1 Å². The van der Waals surface area contributed by atoms with Gasteiger partial charge in [-0.1, -0.05) is 18.2 Å². The first kappa shape index (κ1) is 22.0. The molecule has 170 valence electrons. The third-order valence-electron chi connectivity index (χ3n) is 5.25. The Morgan fingerprint density at radius 2 is 1.70 bits per heavy atom. The number of nitrogens with one attached hydrogen (secondary N) is 3. The first-order valence-electron chi connectivity index (χ1n) is 10.5. The normalized spacial score (nSPS) is 13.4. The van der Waals surface area contributed by atoms with Gasteiger partial charge in [0.1, 0.15) is 17.5 Å². The Kier molecular flexibility index (Phi) is 6.63. The maximum atomic E-state index is 13.7. The molecule has 9 nitrogen and oxygen atoms in total. The molecular formula is C23H24FN7O2. The van der Waals surface area contributed by atoms with Crippen LogP contribution in [-0.2, 0) is 0 Å². The largest absolute Gasteiger partial charge is 0.353 e. The average molecular weight is 449 g/mol. The molecule has 10 heteroatoms. The zero-order valence-corrected chi connectivity index (χ0v) is 18.1. The van der Waals surface area contributed by atoms with Crippen LogP contribution in [-0.4, -0.2) is 53.1 Å². The van der Waals surface area contributed by atoms with Gasteiger partial charge in [0, 0.05) is 32.4 Å². The summed E-state index contributed by atoms with van der Waals surface area (Å²) in [5.41, 5.74) is 1.49. The Balaban J connectivity index is 1.27. The van der Waals surface area contributed by atoms with Gasteiger partial charge in [-0.05, 0) is 42.8 Å². The summed E-state index contributed by atoms with van der Waals surface area (Å²) in [7, 11) is 0. The Morgan fingerprint density at radius 3 is 2.39 bits per heavy atom. The van der Waals surface area contributed by atoms with Crippen LogP contribution in [0.5, 0.6) is 0 Å². The molecule has 0 aliphatic carbocycles. The highest BCUT2D eigenvalue weighted by atomic mass is 19.1. The Hall–Kier alpha value is -4.21. The van der Waals surface area contributed by atoms with Crippen LogP contribution in [0.3, 0.4) is 0 Å². The van der Waals surface area contributed by atoms with Crippen molar-refractivity contribution in [2.45, 2.75) is 6.92 Å². The Bertz CT molecular complexity index is 1130. The lowest BCUT2D eigenvalue weighted by Crippen LogP contribution is -2.50. The highest BCUT2D eigenvalue weighted by Gasteiger charge is 2.22. The molecule has 1 aliphatic heterocycles. The molecule has 2 aromatic heterocycles. The number of carbonyl (C=O) groups excluding carboxylic acids is 2. The molecule has 0 saturated carbocycles. The van der Waals surface area contributed by atoms with Gasteiger partial charge >= 0.3 is 12.1 Å². The molecule has 1 fully saturated rings. The number of aryl methyl sites for hydroxylation is 1. The minimum atomic E-state index is -0.558. The molecule has 0 spiro atoms. The number of anilines is 4. The molecule has 0 bridgehead atoms. The molecule has 4 rings (SSSR count). The van der Waals surface area contributed by atoms with Crippen molar-refractivity contribution in [3.8, 4) is 0 Å². The molecule has 1 aliphatic rings. The van der Waals surface area contributed by atoms with Gasteiger partial charge in [-0.3, -0.25) is 5.32 Å². The second-order valence-corrected chi connectivity index (χ2v) is 7.54.